The van der Waals surface area contributed by atoms with Crippen molar-refractivity contribution in [2.45, 2.75) is 40.5 Å². The van der Waals surface area contributed by atoms with Crippen LogP contribution in [0.15, 0.2) is 0 Å². The maximum absolute atomic E-state index is 5.30. The lowest BCUT2D eigenvalue weighted by molar-refractivity contribution is 0.332. The molecule has 0 amide bonds. The number of thiocarbonyl (C=S) groups is 1. The summed E-state index contributed by atoms with van der Waals surface area (Å²) in [6, 6.07) is 0. The monoisotopic (exact) mass is 216 g/mol. The Morgan fingerprint density at radius 3 is 2.14 bits per heavy atom. The molecule has 14 heavy (non-hydrogen) atoms. The summed E-state index contributed by atoms with van der Waals surface area (Å²) >= 11 is 5.30. The van der Waals surface area contributed by atoms with Crippen molar-refractivity contribution in [2.24, 2.45) is 5.92 Å². The molecule has 1 N–H and O–H groups in total. The molecule has 0 atom stereocenters. The number of nitrogens with one attached hydrogen (secondary N) is 1. The Morgan fingerprint density at radius 2 is 1.79 bits per heavy atom. The summed E-state index contributed by atoms with van der Waals surface area (Å²) in [4.78, 5) is 2.26. The lowest BCUT2D eigenvalue weighted by atomic mass is 10.0. The fourth-order valence-electron chi connectivity index (χ4n) is 1.48. The van der Waals surface area contributed by atoms with E-state index in [9.17, 15) is 0 Å². The van der Waals surface area contributed by atoms with Crippen molar-refractivity contribution in [1.29, 1.82) is 0 Å². The van der Waals surface area contributed by atoms with Crippen LogP contribution in [0.25, 0.3) is 0 Å². The SMILES string of the molecule is CCNC(=S)N(CC)CC(CC)CC. The van der Waals surface area contributed by atoms with Gasteiger partial charge in [-0.2, -0.15) is 0 Å². The van der Waals surface area contributed by atoms with Crippen molar-refractivity contribution in [3.05, 3.63) is 0 Å². The molecule has 84 valence electrons. The number of hydrogen-bond acceptors (Lipinski definition) is 1. The molecular weight excluding hydrogens is 192 g/mol. The molecule has 0 aromatic carbocycles. The van der Waals surface area contributed by atoms with E-state index in [-0.39, 0.29) is 0 Å². The second-order valence-corrected chi connectivity index (χ2v) is 3.94. The normalized spacial score (nSPS) is 10.4. The van der Waals surface area contributed by atoms with Crippen molar-refractivity contribution in [2.75, 3.05) is 19.6 Å². The Morgan fingerprint density at radius 1 is 1.21 bits per heavy atom. The van der Waals surface area contributed by atoms with Crippen LogP contribution in [0.2, 0.25) is 0 Å². The van der Waals surface area contributed by atoms with Gasteiger partial charge in [0.05, 0.1) is 0 Å². The third-order valence-corrected chi connectivity index (χ3v) is 3.03. The van der Waals surface area contributed by atoms with Gasteiger partial charge in [-0.15, -0.1) is 0 Å². The predicted octanol–water partition coefficient (Wildman–Crippen LogP) is 2.64. The minimum atomic E-state index is 0.770. The lowest BCUT2D eigenvalue weighted by Crippen LogP contribution is -2.41. The van der Waals surface area contributed by atoms with Crippen molar-refractivity contribution in [3.8, 4) is 0 Å². The molecule has 0 aromatic heterocycles. The largest absolute Gasteiger partial charge is 0.363 e. The van der Waals surface area contributed by atoms with Crippen LogP contribution >= 0.6 is 12.2 Å². The van der Waals surface area contributed by atoms with E-state index in [0.29, 0.717) is 0 Å². The minimum Gasteiger partial charge on any atom is -0.363 e. The first-order valence-electron chi connectivity index (χ1n) is 5.72. The van der Waals surface area contributed by atoms with Crippen molar-refractivity contribution in [1.82, 2.24) is 10.2 Å². The zero-order valence-corrected chi connectivity index (χ0v) is 10.8. The first-order chi connectivity index (χ1) is 6.69. The molecule has 0 aromatic rings. The number of hydrogen-bond donors (Lipinski definition) is 1. The maximum atomic E-state index is 5.30. The van der Waals surface area contributed by atoms with Crippen LogP contribution in [0.1, 0.15) is 40.5 Å². The number of nitrogens with zero attached hydrogens (tertiary/aromatic N) is 1. The molecule has 0 aliphatic carbocycles. The zero-order valence-electron chi connectivity index (χ0n) is 9.97. The van der Waals surface area contributed by atoms with Crippen LogP contribution < -0.4 is 5.32 Å². The van der Waals surface area contributed by atoms with Crippen LogP contribution in [0.5, 0.6) is 0 Å². The average molecular weight is 216 g/mol. The molecule has 2 nitrogen and oxygen atoms in total. The molecule has 0 saturated heterocycles. The fraction of sp³-hybridized carbons (Fsp3) is 0.909. The van der Waals surface area contributed by atoms with Gasteiger partial charge in [0.1, 0.15) is 0 Å². The highest BCUT2D eigenvalue weighted by Crippen LogP contribution is 2.09. The third-order valence-electron chi connectivity index (χ3n) is 2.63. The fourth-order valence-corrected chi connectivity index (χ4v) is 1.83. The van der Waals surface area contributed by atoms with E-state index in [1.807, 2.05) is 0 Å². The molecule has 0 fully saturated rings. The first kappa shape index (κ1) is 13.7. The van der Waals surface area contributed by atoms with E-state index in [2.05, 4.69) is 37.9 Å². The van der Waals surface area contributed by atoms with E-state index in [0.717, 1.165) is 30.7 Å². The minimum absolute atomic E-state index is 0.770. The van der Waals surface area contributed by atoms with E-state index in [4.69, 9.17) is 12.2 Å². The van der Waals surface area contributed by atoms with E-state index in [1.54, 1.807) is 0 Å². The Balaban J connectivity index is 4.05. The highest BCUT2D eigenvalue weighted by Gasteiger charge is 2.11. The molecule has 0 unspecified atom stereocenters. The molecule has 0 radical (unpaired) electrons. The summed E-state index contributed by atoms with van der Waals surface area (Å²) in [5.41, 5.74) is 0. The van der Waals surface area contributed by atoms with Gasteiger partial charge in [0, 0.05) is 19.6 Å². The standard InChI is InChI=1S/C11H24N2S/c1-5-10(6-2)9-13(8-4)11(14)12-7-3/h10H,5-9H2,1-4H3,(H,12,14). The number of rotatable bonds is 6. The topological polar surface area (TPSA) is 15.3 Å². The summed E-state index contributed by atoms with van der Waals surface area (Å²) in [7, 11) is 0. The van der Waals surface area contributed by atoms with Crippen molar-refractivity contribution < 1.29 is 0 Å². The van der Waals surface area contributed by atoms with Gasteiger partial charge in [-0.05, 0) is 32.0 Å². The van der Waals surface area contributed by atoms with Gasteiger partial charge in [0.2, 0.25) is 0 Å². The molecule has 0 aliphatic heterocycles. The summed E-state index contributed by atoms with van der Waals surface area (Å²) < 4.78 is 0. The molecule has 0 heterocycles. The lowest BCUT2D eigenvalue weighted by Gasteiger charge is -2.27. The molecule has 0 aliphatic rings. The van der Waals surface area contributed by atoms with E-state index >= 15 is 0 Å². The van der Waals surface area contributed by atoms with Crippen LogP contribution in [0, 0.1) is 5.92 Å². The summed E-state index contributed by atoms with van der Waals surface area (Å²) in [5, 5.41) is 4.11. The van der Waals surface area contributed by atoms with Gasteiger partial charge in [0.15, 0.2) is 5.11 Å². The second-order valence-electron chi connectivity index (χ2n) is 3.56. The third kappa shape index (κ3) is 4.80. The van der Waals surface area contributed by atoms with Crippen LogP contribution in [-0.4, -0.2) is 29.6 Å². The molecular formula is C11H24N2S. The summed E-state index contributed by atoms with van der Waals surface area (Å²) in [5.74, 6) is 0.770. The summed E-state index contributed by atoms with van der Waals surface area (Å²) in [6.45, 7) is 11.7. The van der Waals surface area contributed by atoms with Crippen molar-refractivity contribution in [3.63, 3.8) is 0 Å². The molecule has 0 saturated carbocycles. The van der Waals surface area contributed by atoms with E-state index < -0.39 is 0 Å². The van der Waals surface area contributed by atoms with Gasteiger partial charge in [-0.3, -0.25) is 0 Å². The Kier molecular flexibility index (Phi) is 7.86. The first-order valence-corrected chi connectivity index (χ1v) is 6.13. The Bertz CT molecular complexity index is 155. The zero-order chi connectivity index (χ0) is 11.0. The van der Waals surface area contributed by atoms with Gasteiger partial charge >= 0.3 is 0 Å². The highest BCUT2D eigenvalue weighted by molar-refractivity contribution is 7.80. The molecule has 0 spiro atoms. The van der Waals surface area contributed by atoms with E-state index in [1.165, 1.54) is 12.8 Å². The van der Waals surface area contributed by atoms with Crippen LogP contribution in [0.3, 0.4) is 0 Å². The highest BCUT2D eigenvalue weighted by atomic mass is 32.1. The molecule has 3 heteroatoms. The second kappa shape index (κ2) is 8.04. The maximum Gasteiger partial charge on any atom is 0.168 e. The quantitative estimate of drug-likeness (QED) is 0.687. The van der Waals surface area contributed by atoms with Gasteiger partial charge in [-0.25, -0.2) is 0 Å². The van der Waals surface area contributed by atoms with Crippen LogP contribution in [-0.2, 0) is 0 Å². The Hall–Kier alpha value is -0.310. The Labute approximate surface area is 94.1 Å². The summed E-state index contributed by atoms with van der Waals surface area (Å²) in [6.07, 6.45) is 2.48. The van der Waals surface area contributed by atoms with Gasteiger partial charge in [0.25, 0.3) is 0 Å². The predicted molar refractivity (Wildman–Crippen MR) is 67.6 cm³/mol. The molecule has 0 rings (SSSR count). The van der Waals surface area contributed by atoms with Gasteiger partial charge < -0.3 is 10.2 Å². The molecule has 0 bridgehead atoms. The van der Waals surface area contributed by atoms with Gasteiger partial charge in [-0.1, -0.05) is 26.7 Å². The smallest absolute Gasteiger partial charge is 0.168 e. The van der Waals surface area contributed by atoms with Crippen LogP contribution in [0.4, 0.5) is 0 Å². The average Bonchev–Trinajstić information content (AvgIpc) is 2.20. The van der Waals surface area contributed by atoms with Crippen molar-refractivity contribution >= 4 is 17.3 Å².